The van der Waals surface area contributed by atoms with Crippen LogP contribution in [0, 0.1) is 0 Å². The number of fused-ring (bicyclic) bond motifs is 1. The van der Waals surface area contributed by atoms with E-state index < -0.39 is 0 Å². The lowest BCUT2D eigenvalue weighted by molar-refractivity contribution is 0.217. The van der Waals surface area contributed by atoms with E-state index in [1.807, 2.05) is 92.6 Å². The molecule has 0 N–H and O–H groups in total. The molecule has 0 radical (unpaired) electrons. The fraction of sp³-hybridized carbons (Fsp3) is 0.222. The second-order valence-corrected chi connectivity index (χ2v) is 8.13. The van der Waals surface area contributed by atoms with Gasteiger partial charge < -0.3 is 9.64 Å². The molecule has 0 aliphatic heterocycles. The molecule has 0 saturated carbocycles. The molecule has 0 saturated heterocycles. The first kappa shape index (κ1) is 22.3. The fourth-order valence-corrected chi connectivity index (χ4v) is 3.43. The summed E-state index contributed by atoms with van der Waals surface area (Å²) in [7, 11) is 3.98. The summed E-state index contributed by atoms with van der Waals surface area (Å²) in [5.74, 6) is 1.22. The first-order valence-electron chi connectivity index (χ1n) is 11.1. The van der Waals surface area contributed by atoms with E-state index in [1.165, 1.54) is 4.68 Å². The number of nitrogens with zero attached hydrogens (tertiary/aromatic N) is 4. The normalized spacial score (nSPS) is 12.2. The van der Waals surface area contributed by atoms with Gasteiger partial charge in [0.25, 0.3) is 5.56 Å². The van der Waals surface area contributed by atoms with Crippen molar-refractivity contribution in [1.82, 2.24) is 9.66 Å². The van der Waals surface area contributed by atoms with Crippen LogP contribution in [0.1, 0.15) is 25.8 Å². The third kappa shape index (κ3) is 4.80. The van der Waals surface area contributed by atoms with Crippen LogP contribution < -0.4 is 15.2 Å². The van der Waals surface area contributed by atoms with Crippen molar-refractivity contribution in [3.05, 3.63) is 88.7 Å². The first-order valence-corrected chi connectivity index (χ1v) is 11.1. The lowest BCUT2D eigenvalue weighted by atomic mass is 10.1. The molecule has 0 fully saturated rings. The molecule has 6 heteroatoms. The number of anilines is 1. The lowest BCUT2D eigenvalue weighted by Crippen LogP contribution is -2.20. The number of hydrogen-bond donors (Lipinski definition) is 0. The van der Waals surface area contributed by atoms with Gasteiger partial charge in [0, 0.05) is 37.0 Å². The van der Waals surface area contributed by atoms with E-state index >= 15 is 0 Å². The van der Waals surface area contributed by atoms with Crippen LogP contribution in [0.4, 0.5) is 5.69 Å². The Morgan fingerprint density at radius 2 is 1.79 bits per heavy atom. The summed E-state index contributed by atoms with van der Waals surface area (Å²) in [6.07, 6.45) is 2.61. The summed E-state index contributed by atoms with van der Waals surface area (Å²) in [6, 6.07) is 22.9. The summed E-state index contributed by atoms with van der Waals surface area (Å²) >= 11 is 0. The van der Waals surface area contributed by atoms with Crippen LogP contribution in [0.25, 0.3) is 22.3 Å². The Bertz CT molecular complexity index is 1340. The zero-order valence-corrected chi connectivity index (χ0v) is 19.4. The molecule has 1 atom stereocenters. The maximum atomic E-state index is 13.4. The average molecular weight is 441 g/mol. The van der Waals surface area contributed by atoms with Gasteiger partial charge in [0.1, 0.15) is 5.75 Å². The third-order valence-electron chi connectivity index (χ3n) is 5.51. The van der Waals surface area contributed by atoms with Crippen LogP contribution >= 0.6 is 0 Å². The molecule has 4 rings (SSSR count). The van der Waals surface area contributed by atoms with E-state index in [0.29, 0.717) is 16.7 Å². The Morgan fingerprint density at radius 3 is 2.52 bits per heavy atom. The Labute approximate surface area is 193 Å². The molecule has 6 nitrogen and oxygen atoms in total. The molecule has 1 heterocycles. The predicted molar refractivity (Wildman–Crippen MR) is 136 cm³/mol. The zero-order chi connectivity index (χ0) is 23.4. The van der Waals surface area contributed by atoms with Crippen molar-refractivity contribution >= 4 is 22.8 Å². The van der Waals surface area contributed by atoms with E-state index in [2.05, 4.69) is 12.0 Å². The molecule has 33 heavy (non-hydrogen) atoms. The lowest BCUT2D eigenvalue weighted by Gasteiger charge is -2.18. The average Bonchev–Trinajstić information content (AvgIpc) is 2.84. The van der Waals surface area contributed by atoms with Gasteiger partial charge in [-0.2, -0.15) is 9.78 Å². The molecular formula is C27H28N4O2. The topological polar surface area (TPSA) is 59.7 Å². The Balaban J connectivity index is 1.86. The minimum atomic E-state index is -0.218. The SMILES string of the molecule is CC[C@H](C)Oc1cc(N(C)C)ccc1C=Nn1c(-c2ccccc2)nc2ccccc2c1=O. The Morgan fingerprint density at radius 1 is 1.06 bits per heavy atom. The first-order chi connectivity index (χ1) is 16.0. The number of para-hydroxylation sites is 1. The van der Waals surface area contributed by atoms with E-state index in [4.69, 9.17) is 9.72 Å². The van der Waals surface area contributed by atoms with Gasteiger partial charge in [-0.15, -0.1) is 0 Å². The van der Waals surface area contributed by atoms with Crippen LogP contribution in [0.3, 0.4) is 0 Å². The molecule has 0 spiro atoms. The summed E-state index contributed by atoms with van der Waals surface area (Å²) in [4.78, 5) is 20.1. The molecule has 3 aromatic carbocycles. The number of ether oxygens (including phenoxy) is 1. The highest BCUT2D eigenvalue weighted by atomic mass is 16.5. The van der Waals surface area contributed by atoms with Gasteiger partial charge >= 0.3 is 0 Å². The van der Waals surface area contributed by atoms with Crippen molar-refractivity contribution in [2.75, 3.05) is 19.0 Å². The highest BCUT2D eigenvalue weighted by Gasteiger charge is 2.13. The number of aromatic nitrogens is 2. The number of hydrogen-bond acceptors (Lipinski definition) is 5. The van der Waals surface area contributed by atoms with Crippen molar-refractivity contribution < 1.29 is 4.74 Å². The Hall–Kier alpha value is -3.93. The van der Waals surface area contributed by atoms with Crippen LogP contribution in [-0.4, -0.2) is 36.1 Å². The van der Waals surface area contributed by atoms with Gasteiger partial charge in [-0.1, -0.05) is 49.4 Å². The van der Waals surface area contributed by atoms with Crippen LogP contribution in [0.2, 0.25) is 0 Å². The van der Waals surface area contributed by atoms with Crippen molar-refractivity contribution in [3.63, 3.8) is 0 Å². The van der Waals surface area contributed by atoms with Gasteiger partial charge in [-0.25, -0.2) is 4.98 Å². The van der Waals surface area contributed by atoms with Gasteiger partial charge in [0.15, 0.2) is 5.82 Å². The largest absolute Gasteiger partial charge is 0.490 e. The molecule has 0 amide bonds. The van der Waals surface area contributed by atoms with Crippen molar-refractivity contribution in [2.45, 2.75) is 26.4 Å². The van der Waals surface area contributed by atoms with Gasteiger partial charge in [-0.3, -0.25) is 4.79 Å². The molecule has 0 aliphatic carbocycles. The van der Waals surface area contributed by atoms with E-state index in [0.717, 1.165) is 29.0 Å². The van der Waals surface area contributed by atoms with Gasteiger partial charge in [0.2, 0.25) is 0 Å². The standard InChI is InChI=1S/C27H28N4O2/c1-5-19(2)33-25-17-22(30(3)4)16-15-21(25)18-28-31-26(20-11-7-6-8-12-20)29-24-14-10-9-13-23(24)27(31)32/h6-19H,5H2,1-4H3/t19-/m0/s1. The van der Waals surface area contributed by atoms with Crippen LogP contribution in [0.15, 0.2) is 82.7 Å². The summed E-state index contributed by atoms with van der Waals surface area (Å²) in [5.41, 5.74) is 3.06. The molecular weight excluding hydrogens is 412 g/mol. The zero-order valence-electron chi connectivity index (χ0n) is 19.4. The minimum absolute atomic E-state index is 0.0551. The third-order valence-corrected chi connectivity index (χ3v) is 5.51. The second kappa shape index (κ2) is 9.69. The molecule has 1 aromatic heterocycles. The van der Waals surface area contributed by atoms with Crippen LogP contribution in [-0.2, 0) is 0 Å². The maximum absolute atomic E-state index is 13.4. The van der Waals surface area contributed by atoms with Crippen molar-refractivity contribution in [3.8, 4) is 17.1 Å². The molecule has 168 valence electrons. The van der Waals surface area contributed by atoms with E-state index in [9.17, 15) is 4.79 Å². The highest BCUT2D eigenvalue weighted by Crippen LogP contribution is 2.26. The quantitative estimate of drug-likeness (QED) is 0.371. The van der Waals surface area contributed by atoms with Crippen molar-refractivity contribution in [2.24, 2.45) is 5.10 Å². The molecule has 0 bridgehead atoms. The second-order valence-electron chi connectivity index (χ2n) is 8.13. The summed E-state index contributed by atoms with van der Waals surface area (Å²) in [5, 5.41) is 5.12. The van der Waals surface area contributed by atoms with E-state index in [1.54, 1.807) is 12.3 Å². The fourth-order valence-electron chi connectivity index (χ4n) is 3.43. The van der Waals surface area contributed by atoms with Crippen LogP contribution in [0.5, 0.6) is 5.75 Å². The van der Waals surface area contributed by atoms with E-state index in [-0.39, 0.29) is 11.7 Å². The Kier molecular flexibility index (Phi) is 6.54. The number of rotatable bonds is 7. The smallest absolute Gasteiger partial charge is 0.282 e. The monoisotopic (exact) mass is 440 g/mol. The predicted octanol–water partition coefficient (Wildman–Crippen LogP) is 5.19. The van der Waals surface area contributed by atoms with Gasteiger partial charge in [-0.05, 0) is 37.6 Å². The highest BCUT2D eigenvalue weighted by molar-refractivity contribution is 5.85. The van der Waals surface area contributed by atoms with Gasteiger partial charge in [0.05, 0.1) is 23.2 Å². The minimum Gasteiger partial charge on any atom is -0.490 e. The maximum Gasteiger partial charge on any atom is 0.282 e. The summed E-state index contributed by atoms with van der Waals surface area (Å²) in [6.45, 7) is 4.12. The number of benzene rings is 3. The molecule has 4 aromatic rings. The molecule has 0 aliphatic rings. The molecule has 0 unspecified atom stereocenters. The summed E-state index contributed by atoms with van der Waals surface area (Å²) < 4.78 is 7.53. The van der Waals surface area contributed by atoms with Crippen molar-refractivity contribution in [1.29, 1.82) is 0 Å².